The van der Waals surface area contributed by atoms with Crippen LogP contribution in [-0.4, -0.2) is 12.6 Å². The quantitative estimate of drug-likeness (QED) is 0.684. The third-order valence-electron chi connectivity index (χ3n) is 4.43. The molecule has 3 atom stereocenters. The van der Waals surface area contributed by atoms with Crippen molar-refractivity contribution in [3.05, 3.63) is 0 Å². The first-order chi connectivity index (χ1) is 7.72. The van der Waals surface area contributed by atoms with Gasteiger partial charge < -0.3 is 5.32 Å². The standard InChI is InChI=1S/C15H31N/c1-5-10-16-15(13(6-2)7-3)14-9-8-12(4)11-14/h12-16H,5-11H2,1-4H3. The molecule has 0 saturated heterocycles. The van der Waals surface area contributed by atoms with Gasteiger partial charge >= 0.3 is 0 Å². The Balaban J connectivity index is 2.54. The molecule has 1 aliphatic rings. The van der Waals surface area contributed by atoms with Crippen molar-refractivity contribution >= 4 is 0 Å². The van der Waals surface area contributed by atoms with Crippen LogP contribution in [0.25, 0.3) is 0 Å². The van der Waals surface area contributed by atoms with Crippen LogP contribution in [0.2, 0.25) is 0 Å². The minimum absolute atomic E-state index is 0.792. The molecule has 16 heavy (non-hydrogen) atoms. The fraction of sp³-hybridized carbons (Fsp3) is 1.00. The summed E-state index contributed by atoms with van der Waals surface area (Å²) >= 11 is 0. The summed E-state index contributed by atoms with van der Waals surface area (Å²) in [5.41, 5.74) is 0. The lowest BCUT2D eigenvalue weighted by Gasteiger charge is -2.32. The van der Waals surface area contributed by atoms with Gasteiger partial charge in [0.25, 0.3) is 0 Å². The Kier molecular flexibility index (Phi) is 6.41. The molecule has 0 bridgehead atoms. The van der Waals surface area contributed by atoms with Gasteiger partial charge in [-0.1, -0.05) is 47.0 Å². The Morgan fingerprint density at radius 2 is 1.81 bits per heavy atom. The van der Waals surface area contributed by atoms with Crippen LogP contribution < -0.4 is 5.32 Å². The largest absolute Gasteiger partial charge is 0.313 e. The minimum atomic E-state index is 0.792. The van der Waals surface area contributed by atoms with Crippen molar-refractivity contribution in [2.75, 3.05) is 6.54 Å². The molecule has 0 aromatic carbocycles. The van der Waals surface area contributed by atoms with Gasteiger partial charge in [0.05, 0.1) is 0 Å². The zero-order valence-electron chi connectivity index (χ0n) is 11.8. The van der Waals surface area contributed by atoms with Gasteiger partial charge in [0.1, 0.15) is 0 Å². The fourth-order valence-electron chi connectivity index (χ4n) is 3.40. The highest BCUT2D eigenvalue weighted by atomic mass is 14.9. The maximum absolute atomic E-state index is 3.83. The summed E-state index contributed by atoms with van der Waals surface area (Å²) in [6, 6.07) is 0.792. The second-order valence-electron chi connectivity index (χ2n) is 5.73. The van der Waals surface area contributed by atoms with Crippen molar-refractivity contribution in [1.29, 1.82) is 0 Å². The molecule has 0 aliphatic heterocycles. The van der Waals surface area contributed by atoms with E-state index in [1.165, 1.54) is 45.1 Å². The highest BCUT2D eigenvalue weighted by Gasteiger charge is 2.31. The van der Waals surface area contributed by atoms with Gasteiger partial charge in [-0.3, -0.25) is 0 Å². The van der Waals surface area contributed by atoms with Crippen LogP contribution >= 0.6 is 0 Å². The summed E-state index contributed by atoms with van der Waals surface area (Å²) in [6.07, 6.45) is 8.30. The topological polar surface area (TPSA) is 12.0 Å². The van der Waals surface area contributed by atoms with E-state index in [9.17, 15) is 0 Å². The molecule has 0 heterocycles. The van der Waals surface area contributed by atoms with E-state index in [1.807, 2.05) is 0 Å². The van der Waals surface area contributed by atoms with Crippen molar-refractivity contribution in [1.82, 2.24) is 5.32 Å². The summed E-state index contributed by atoms with van der Waals surface area (Å²) < 4.78 is 0. The molecule has 96 valence electrons. The first kappa shape index (κ1) is 14.0. The van der Waals surface area contributed by atoms with Crippen LogP contribution in [0.15, 0.2) is 0 Å². The van der Waals surface area contributed by atoms with E-state index >= 15 is 0 Å². The minimum Gasteiger partial charge on any atom is -0.313 e. The van der Waals surface area contributed by atoms with Gasteiger partial charge in [-0.25, -0.2) is 0 Å². The van der Waals surface area contributed by atoms with Crippen molar-refractivity contribution in [2.45, 2.75) is 72.3 Å². The van der Waals surface area contributed by atoms with Crippen LogP contribution in [0.5, 0.6) is 0 Å². The number of hydrogen-bond acceptors (Lipinski definition) is 1. The smallest absolute Gasteiger partial charge is 0.0123 e. The van der Waals surface area contributed by atoms with Crippen molar-refractivity contribution < 1.29 is 0 Å². The van der Waals surface area contributed by atoms with E-state index in [0.717, 1.165) is 23.8 Å². The lowest BCUT2D eigenvalue weighted by Crippen LogP contribution is -2.41. The van der Waals surface area contributed by atoms with Gasteiger partial charge in [0.2, 0.25) is 0 Å². The molecule has 0 aromatic rings. The molecule has 1 aliphatic carbocycles. The molecular formula is C15H31N. The van der Waals surface area contributed by atoms with Gasteiger partial charge in [-0.05, 0) is 43.6 Å². The van der Waals surface area contributed by atoms with Gasteiger partial charge in [0, 0.05) is 6.04 Å². The van der Waals surface area contributed by atoms with Crippen LogP contribution in [0, 0.1) is 17.8 Å². The maximum atomic E-state index is 3.83. The maximum Gasteiger partial charge on any atom is 0.0123 e. The zero-order chi connectivity index (χ0) is 12.0. The second-order valence-corrected chi connectivity index (χ2v) is 5.73. The molecule has 1 saturated carbocycles. The molecule has 3 unspecified atom stereocenters. The van der Waals surface area contributed by atoms with Gasteiger partial charge in [-0.15, -0.1) is 0 Å². The van der Waals surface area contributed by atoms with E-state index in [4.69, 9.17) is 0 Å². The average Bonchev–Trinajstić information content (AvgIpc) is 2.71. The fourth-order valence-corrected chi connectivity index (χ4v) is 3.40. The van der Waals surface area contributed by atoms with Crippen molar-refractivity contribution in [3.63, 3.8) is 0 Å². The molecule has 1 N–H and O–H groups in total. The normalized spacial score (nSPS) is 27.6. The van der Waals surface area contributed by atoms with Gasteiger partial charge in [0.15, 0.2) is 0 Å². The summed E-state index contributed by atoms with van der Waals surface area (Å²) in [7, 11) is 0. The summed E-state index contributed by atoms with van der Waals surface area (Å²) in [5.74, 6) is 2.80. The molecular weight excluding hydrogens is 194 g/mol. The zero-order valence-corrected chi connectivity index (χ0v) is 11.8. The van der Waals surface area contributed by atoms with E-state index in [0.29, 0.717) is 0 Å². The summed E-state index contributed by atoms with van der Waals surface area (Å²) in [6.45, 7) is 10.6. The summed E-state index contributed by atoms with van der Waals surface area (Å²) in [4.78, 5) is 0. The van der Waals surface area contributed by atoms with Crippen LogP contribution in [0.3, 0.4) is 0 Å². The second kappa shape index (κ2) is 7.32. The molecule has 0 spiro atoms. The van der Waals surface area contributed by atoms with Crippen LogP contribution in [0.4, 0.5) is 0 Å². The number of rotatable bonds is 7. The molecule has 0 radical (unpaired) electrons. The van der Waals surface area contributed by atoms with Crippen LogP contribution in [0.1, 0.15) is 66.2 Å². The molecule has 1 heteroatoms. The van der Waals surface area contributed by atoms with E-state index in [2.05, 4.69) is 33.0 Å². The Morgan fingerprint density at radius 3 is 2.25 bits per heavy atom. The SMILES string of the molecule is CCCNC(C(CC)CC)C1CCC(C)C1. The third-order valence-corrected chi connectivity index (χ3v) is 4.43. The lowest BCUT2D eigenvalue weighted by atomic mass is 9.83. The highest BCUT2D eigenvalue weighted by Crippen LogP contribution is 2.36. The number of nitrogens with one attached hydrogen (secondary N) is 1. The molecule has 1 nitrogen and oxygen atoms in total. The summed E-state index contributed by atoms with van der Waals surface area (Å²) in [5, 5.41) is 3.83. The average molecular weight is 225 g/mol. The highest BCUT2D eigenvalue weighted by molar-refractivity contribution is 4.87. The lowest BCUT2D eigenvalue weighted by molar-refractivity contribution is 0.243. The Hall–Kier alpha value is -0.0400. The van der Waals surface area contributed by atoms with Gasteiger partial charge in [-0.2, -0.15) is 0 Å². The van der Waals surface area contributed by atoms with E-state index in [1.54, 1.807) is 0 Å². The first-order valence-corrected chi connectivity index (χ1v) is 7.46. The predicted molar refractivity (Wildman–Crippen MR) is 72.7 cm³/mol. The Bertz CT molecular complexity index is 174. The van der Waals surface area contributed by atoms with Crippen molar-refractivity contribution in [3.8, 4) is 0 Å². The molecule has 1 rings (SSSR count). The Morgan fingerprint density at radius 1 is 1.12 bits per heavy atom. The van der Waals surface area contributed by atoms with E-state index in [-0.39, 0.29) is 0 Å². The third kappa shape index (κ3) is 3.76. The predicted octanol–water partition coefficient (Wildman–Crippen LogP) is 4.23. The monoisotopic (exact) mass is 225 g/mol. The molecule has 0 aromatic heterocycles. The van der Waals surface area contributed by atoms with Crippen molar-refractivity contribution in [2.24, 2.45) is 17.8 Å². The number of hydrogen-bond donors (Lipinski definition) is 1. The molecule has 0 amide bonds. The van der Waals surface area contributed by atoms with Crippen LogP contribution in [-0.2, 0) is 0 Å². The van der Waals surface area contributed by atoms with E-state index < -0.39 is 0 Å². The first-order valence-electron chi connectivity index (χ1n) is 7.46. The Labute approximate surface area is 102 Å². The molecule has 1 fully saturated rings.